The van der Waals surface area contributed by atoms with E-state index in [0.717, 1.165) is 50.8 Å². The Morgan fingerprint density at radius 2 is 2.19 bits per heavy atom. The van der Waals surface area contributed by atoms with Crippen molar-refractivity contribution < 1.29 is 9.50 Å². The average Bonchev–Trinajstić information content (AvgIpc) is 2.73. The van der Waals surface area contributed by atoms with Crippen LogP contribution in [-0.2, 0) is 6.54 Å². The first kappa shape index (κ1) is 16.2. The van der Waals surface area contributed by atoms with Gasteiger partial charge in [-0.15, -0.1) is 0 Å². The quantitative estimate of drug-likeness (QED) is 0.792. The summed E-state index contributed by atoms with van der Waals surface area (Å²) in [5.41, 5.74) is 1.67. The van der Waals surface area contributed by atoms with Crippen LogP contribution in [0.3, 0.4) is 0 Å². The van der Waals surface area contributed by atoms with Gasteiger partial charge in [-0.25, -0.2) is 4.39 Å². The van der Waals surface area contributed by atoms with Gasteiger partial charge in [0.2, 0.25) is 0 Å². The molecule has 1 aliphatic heterocycles. The second-order valence-corrected chi connectivity index (χ2v) is 5.80. The van der Waals surface area contributed by atoms with Crippen molar-refractivity contribution in [1.29, 1.82) is 0 Å². The molecule has 0 saturated carbocycles. The van der Waals surface area contributed by atoms with Gasteiger partial charge in [0.25, 0.3) is 0 Å². The van der Waals surface area contributed by atoms with Crippen LogP contribution < -0.4 is 10.2 Å². The van der Waals surface area contributed by atoms with Crippen molar-refractivity contribution >= 4 is 5.69 Å². The molecular weight excluding hydrogens is 267 g/mol. The summed E-state index contributed by atoms with van der Waals surface area (Å²) in [6.45, 7) is 4.65. The molecule has 118 valence electrons. The molecule has 0 bridgehead atoms. The van der Waals surface area contributed by atoms with Gasteiger partial charge in [-0.2, -0.15) is 0 Å². The van der Waals surface area contributed by atoms with Gasteiger partial charge in [0.1, 0.15) is 5.82 Å². The standard InChI is InChI=1S/C17H27FN2O/c1-2-10-19-12-14-7-6-9-16(18)17(14)20-11-5-3-4-8-15(20)13-21/h6-7,9,15,19,21H,2-5,8,10-13H2,1H3. The van der Waals surface area contributed by atoms with Crippen LogP contribution in [0.1, 0.15) is 44.6 Å². The van der Waals surface area contributed by atoms with E-state index in [1.807, 2.05) is 6.07 Å². The van der Waals surface area contributed by atoms with Crippen LogP contribution >= 0.6 is 0 Å². The molecule has 1 aromatic rings. The third kappa shape index (κ3) is 4.17. The number of hydrogen-bond acceptors (Lipinski definition) is 3. The van der Waals surface area contributed by atoms with Gasteiger partial charge in [0.05, 0.1) is 18.3 Å². The van der Waals surface area contributed by atoms with Crippen molar-refractivity contribution in [1.82, 2.24) is 5.32 Å². The third-order valence-corrected chi connectivity index (χ3v) is 4.19. The second-order valence-electron chi connectivity index (χ2n) is 5.80. The first-order valence-electron chi connectivity index (χ1n) is 8.13. The molecule has 3 nitrogen and oxygen atoms in total. The zero-order chi connectivity index (χ0) is 15.1. The van der Waals surface area contributed by atoms with Gasteiger partial charge < -0.3 is 15.3 Å². The number of hydrogen-bond donors (Lipinski definition) is 2. The molecule has 0 radical (unpaired) electrons. The van der Waals surface area contributed by atoms with E-state index in [1.165, 1.54) is 6.07 Å². The van der Waals surface area contributed by atoms with Crippen LogP contribution in [0, 0.1) is 5.82 Å². The molecule has 0 aliphatic carbocycles. The van der Waals surface area contributed by atoms with Crippen molar-refractivity contribution in [3.63, 3.8) is 0 Å². The summed E-state index contributed by atoms with van der Waals surface area (Å²) < 4.78 is 14.4. The lowest BCUT2D eigenvalue weighted by molar-refractivity contribution is 0.254. The highest BCUT2D eigenvalue weighted by molar-refractivity contribution is 5.56. The van der Waals surface area contributed by atoms with Gasteiger partial charge in [-0.05, 0) is 37.4 Å². The number of aliphatic hydroxyl groups excluding tert-OH is 1. The molecule has 1 fully saturated rings. The number of aliphatic hydroxyl groups is 1. The minimum absolute atomic E-state index is 0.0364. The third-order valence-electron chi connectivity index (χ3n) is 4.19. The van der Waals surface area contributed by atoms with E-state index in [1.54, 1.807) is 6.07 Å². The van der Waals surface area contributed by atoms with E-state index in [9.17, 15) is 9.50 Å². The first-order valence-corrected chi connectivity index (χ1v) is 8.13. The Morgan fingerprint density at radius 3 is 2.95 bits per heavy atom. The van der Waals surface area contributed by atoms with Crippen molar-refractivity contribution in [3.05, 3.63) is 29.6 Å². The van der Waals surface area contributed by atoms with Crippen LogP contribution in [0.15, 0.2) is 18.2 Å². The predicted molar refractivity (Wildman–Crippen MR) is 85.1 cm³/mol. The summed E-state index contributed by atoms with van der Waals surface area (Å²) in [6.07, 6.45) is 5.33. The number of nitrogens with zero attached hydrogens (tertiary/aromatic N) is 1. The first-order chi connectivity index (χ1) is 10.3. The Labute approximate surface area is 127 Å². The maximum absolute atomic E-state index is 14.4. The second kappa shape index (κ2) is 8.35. The van der Waals surface area contributed by atoms with Gasteiger partial charge in [0.15, 0.2) is 0 Å². The zero-order valence-electron chi connectivity index (χ0n) is 12.9. The summed E-state index contributed by atoms with van der Waals surface area (Å²) in [5, 5.41) is 13.0. The Hall–Kier alpha value is -1.13. The molecule has 1 heterocycles. The fraction of sp³-hybridized carbons (Fsp3) is 0.647. The monoisotopic (exact) mass is 294 g/mol. The number of anilines is 1. The van der Waals surface area contributed by atoms with E-state index >= 15 is 0 Å². The largest absolute Gasteiger partial charge is 0.394 e. The maximum atomic E-state index is 14.4. The van der Waals surface area contributed by atoms with Crippen LogP contribution in [0.5, 0.6) is 0 Å². The predicted octanol–water partition coefficient (Wildman–Crippen LogP) is 3.07. The van der Waals surface area contributed by atoms with Crippen LogP contribution in [0.4, 0.5) is 10.1 Å². The summed E-state index contributed by atoms with van der Waals surface area (Å²) in [7, 11) is 0. The lowest BCUT2D eigenvalue weighted by Crippen LogP contribution is -2.39. The lowest BCUT2D eigenvalue weighted by Gasteiger charge is -2.33. The van der Waals surface area contributed by atoms with Gasteiger partial charge in [0, 0.05) is 13.1 Å². The van der Waals surface area contributed by atoms with Crippen molar-refractivity contribution in [2.24, 2.45) is 0 Å². The van der Waals surface area contributed by atoms with Crippen LogP contribution in [0.2, 0.25) is 0 Å². The molecule has 21 heavy (non-hydrogen) atoms. The SMILES string of the molecule is CCCNCc1cccc(F)c1N1CCCCCC1CO. The summed E-state index contributed by atoms with van der Waals surface area (Å²) in [6, 6.07) is 5.32. The molecule has 1 aromatic carbocycles. The molecule has 0 amide bonds. The van der Waals surface area contributed by atoms with Gasteiger partial charge >= 0.3 is 0 Å². The van der Waals surface area contributed by atoms with Crippen molar-refractivity contribution in [2.45, 2.75) is 51.6 Å². The zero-order valence-corrected chi connectivity index (χ0v) is 12.9. The molecule has 0 spiro atoms. The van der Waals surface area contributed by atoms with Crippen molar-refractivity contribution in [3.8, 4) is 0 Å². The highest BCUT2D eigenvalue weighted by Crippen LogP contribution is 2.30. The molecule has 1 saturated heterocycles. The van der Waals surface area contributed by atoms with Crippen LogP contribution in [0.25, 0.3) is 0 Å². The average molecular weight is 294 g/mol. The van der Waals surface area contributed by atoms with E-state index in [2.05, 4.69) is 17.1 Å². The Bertz CT molecular complexity index is 439. The fourth-order valence-corrected chi connectivity index (χ4v) is 3.09. The number of para-hydroxylation sites is 1. The normalized spacial score (nSPS) is 19.6. The van der Waals surface area contributed by atoms with E-state index in [4.69, 9.17) is 0 Å². The number of halogens is 1. The molecule has 2 N–H and O–H groups in total. The summed E-state index contributed by atoms with van der Waals surface area (Å²) in [4.78, 5) is 2.09. The van der Waals surface area contributed by atoms with Gasteiger partial charge in [-0.1, -0.05) is 31.9 Å². The minimum Gasteiger partial charge on any atom is -0.394 e. The van der Waals surface area contributed by atoms with Crippen LogP contribution in [-0.4, -0.2) is 30.8 Å². The number of benzene rings is 1. The molecule has 0 aromatic heterocycles. The Kier molecular flexibility index (Phi) is 6.46. The Morgan fingerprint density at radius 1 is 1.33 bits per heavy atom. The molecule has 2 rings (SSSR count). The molecule has 1 atom stereocenters. The van der Waals surface area contributed by atoms with Gasteiger partial charge in [-0.3, -0.25) is 0 Å². The highest BCUT2D eigenvalue weighted by Gasteiger charge is 2.24. The summed E-state index contributed by atoms with van der Waals surface area (Å²) in [5.74, 6) is -0.175. The smallest absolute Gasteiger partial charge is 0.146 e. The fourth-order valence-electron chi connectivity index (χ4n) is 3.09. The Balaban J connectivity index is 2.26. The lowest BCUT2D eigenvalue weighted by atomic mass is 10.1. The maximum Gasteiger partial charge on any atom is 0.146 e. The van der Waals surface area contributed by atoms with E-state index < -0.39 is 0 Å². The molecule has 4 heteroatoms. The number of rotatable bonds is 6. The van der Waals surface area contributed by atoms with Crippen molar-refractivity contribution in [2.75, 3.05) is 24.6 Å². The molecule has 1 unspecified atom stereocenters. The molecular formula is C17H27FN2O. The summed E-state index contributed by atoms with van der Waals surface area (Å²) >= 11 is 0. The van der Waals surface area contributed by atoms with E-state index in [0.29, 0.717) is 12.2 Å². The molecule has 1 aliphatic rings. The minimum atomic E-state index is -0.175. The number of nitrogens with one attached hydrogen (secondary N) is 1. The highest BCUT2D eigenvalue weighted by atomic mass is 19.1. The van der Waals surface area contributed by atoms with E-state index in [-0.39, 0.29) is 18.5 Å². The topological polar surface area (TPSA) is 35.5 Å².